The molecule has 0 unspecified atom stereocenters. The van der Waals surface area contributed by atoms with Crippen LogP contribution in [0.3, 0.4) is 0 Å². The number of nitrogens with one attached hydrogen (secondary N) is 2. The largest absolute Gasteiger partial charge is 0.495 e. The first-order valence-corrected chi connectivity index (χ1v) is 9.34. The molecule has 1 amide bonds. The Hall–Kier alpha value is -2.58. The summed E-state index contributed by atoms with van der Waals surface area (Å²) in [6.45, 7) is 3.23. The molecule has 0 saturated carbocycles. The molecule has 0 fully saturated rings. The van der Waals surface area contributed by atoms with E-state index in [0.29, 0.717) is 11.4 Å². The van der Waals surface area contributed by atoms with Gasteiger partial charge in [-0.15, -0.1) is 0 Å². The minimum absolute atomic E-state index is 0.0130. The van der Waals surface area contributed by atoms with E-state index in [1.807, 2.05) is 13.0 Å². The van der Waals surface area contributed by atoms with Crippen molar-refractivity contribution in [2.24, 2.45) is 0 Å². The fourth-order valence-electron chi connectivity index (χ4n) is 2.35. The number of methoxy groups -OCH3 is 2. The van der Waals surface area contributed by atoms with Crippen molar-refractivity contribution in [3.8, 4) is 11.5 Å². The van der Waals surface area contributed by atoms with Crippen LogP contribution in [0.25, 0.3) is 0 Å². The third-order valence-corrected chi connectivity index (χ3v) is 5.08. The summed E-state index contributed by atoms with van der Waals surface area (Å²) in [5, 5.41) is 2.64. The first kappa shape index (κ1) is 19.7. The molecule has 0 atom stereocenters. The van der Waals surface area contributed by atoms with Crippen LogP contribution >= 0.6 is 0 Å². The number of carbonyl (C=O) groups excluding carboxylic acids is 1. The summed E-state index contributed by atoms with van der Waals surface area (Å²) in [7, 11) is -1.02. The van der Waals surface area contributed by atoms with Gasteiger partial charge in [0.2, 0.25) is 15.9 Å². The van der Waals surface area contributed by atoms with Gasteiger partial charge in [-0.05, 0) is 49.2 Å². The highest BCUT2D eigenvalue weighted by Crippen LogP contribution is 2.26. The summed E-state index contributed by atoms with van der Waals surface area (Å²) in [5.74, 6) is 0.195. The van der Waals surface area contributed by atoms with Crippen LogP contribution in [0.4, 0.5) is 5.69 Å². The van der Waals surface area contributed by atoms with E-state index in [0.717, 1.165) is 11.1 Å². The number of hydrogen-bond donors (Lipinski definition) is 2. The summed E-state index contributed by atoms with van der Waals surface area (Å²) in [5.41, 5.74) is 2.18. The van der Waals surface area contributed by atoms with Gasteiger partial charge in [0.1, 0.15) is 16.4 Å². The highest BCUT2D eigenvalue weighted by atomic mass is 32.2. The normalized spacial score (nSPS) is 11.1. The van der Waals surface area contributed by atoms with Crippen molar-refractivity contribution >= 4 is 21.6 Å². The maximum Gasteiger partial charge on any atom is 0.244 e. The zero-order valence-corrected chi connectivity index (χ0v) is 15.9. The van der Waals surface area contributed by atoms with Gasteiger partial charge < -0.3 is 14.8 Å². The van der Waals surface area contributed by atoms with Crippen LogP contribution in [0.1, 0.15) is 11.1 Å². The van der Waals surface area contributed by atoms with Crippen molar-refractivity contribution in [1.82, 2.24) is 4.72 Å². The lowest BCUT2D eigenvalue weighted by Gasteiger charge is -2.13. The number of amides is 1. The van der Waals surface area contributed by atoms with Gasteiger partial charge in [-0.2, -0.15) is 0 Å². The van der Waals surface area contributed by atoms with Gasteiger partial charge in [-0.25, -0.2) is 13.1 Å². The molecular formula is C18H22N2O5S. The first-order valence-electron chi connectivity index (χ1n) is 7.85. The zero-order valence-electron chi connectivity index (χ0n) is 15.1. The Labute approximate surface area is 153 Å². The van der Waals surface area contributed by atoms with Crippen molar-refractivity contribution in [3.05, 3.63) is 47.5 Å². The van der Waals surface area contributed by atoms with Crippen LogP contribution in [0, 0.1) is 13.8 Å². The molecule has 0 heterocycles. The summed E-state index contributed by atoms with van der Waals surface area (Å²) in [6, 6.07) is 10.1. The van der Waals surface area contributed by atoms with E-state index in [-0.39, 0.29) is 10.6 Å². The SMILES string of the molecule is COc1ccc(C)cc1NC(=O)CNS(=O)(=O)c1cc(C)ccc1OC. The van der Waals surface area contributed by atoms with E-state index in [4.69, 9.17) is 9.47 Å². The van der Waals surface area contributed by atoms with Crippen molar-refractivity contribution < 1.29 is 22.7 Å². The van der Waals surface area contributed by atoms with Crippen molar-refractivity contribution in [1.29, 1.82) is 0 Å². The molecule has 0 aliphatic rings. The molecule has 0 aromatic heterocycles. The molecule has 0 aliphatic carbocycles. The lowest BCUT2D eigenvalue weighted by Crippen LogP contribution is -2.33. The van der Waals surface area contributed by atoms with Gasteiger partial charge >= 0.3 is 0 Å². The second-order valence-corrected chi connectivity index (χ2v) is 7.47. The summed E-state index contributed by atoms with van der Waals surface area (Å²) >= 11 is 0. The van der Waals surface area contributed by atoms with Crippen molar-refractivity contribution in [3.63, 3.8) is 0 Å². The molecule has 8 heteroatoms. The Morgan fingerprint density at radius 2 is 1.54 bits per heavy atom. The molecule has 2 rings (SSSR count). The van der Waals surface area contributed by atoms with Crippen LogP contribution < -0.4 is 19.5 Å². The van der Waals surface area contributed by atoms with Gasteiger partial charge in [0.15, 0.2) is 0 Å². The minimum atomic E-state index is -3.90. The Balaban J connectivity index is 2.12. The number of anilines is 1. The van der Waals surface area contributed by atoms with Gasteiger partial charge in [-0.1, -0.05) is 12.1 Å². The quantitative estimate of drug-likeness (QED) is 0.771. The highest BCUT2D eigenvalue weighted by molar-refractivity contribution is 7.89. The topological polar surface area (TPSA) is 93.7 Å². The fraction of sp³-hybridized carbons (Fsp3) is 0.278. The maximum absolute atomic E-state index is 12.5. The number of aryl methyl sites for hydroxylation is 2. The molecule has 2 aromatic rings. The monoisotopic (exact) mass is 378 g/mol. The Morgan fingerprint density at radius 3 is 2.15 bits per heavy atom. The van der Waals surface area contributed by atoms with Gasteiger partial charge in [0, 0.05) is 0 Å². The van der Waals surface area contributed by atoms with Crippen LogP contribution in [-0.4, -0.2) is 35.1 Å². The first-order chi connectivity index (χ1) is 12.3. The summed E-state index contributed by atoms with van der Waals surface area (Å²) < 4.78 is 37.6. The molecule has 0 saturated heterocycles. The number of ether oxygens (including phenoxy) is 2. The third-order valence-electron chi connectivity index (χ3n) is 3.66. The van der Waals surface area contributed by atoms with Gasteiger partial charge in [0.05, 0.1) is 26.5 Å². The lowest BCUT2D eigenvalue weighted by atomic mass is 10.2. The van der Waals surface area contributed by atoms with Crippen molar-refractivity contribution in [2.75, 3.05) is 26.1 Å². The molecule has 0 aliphatic heterocycles. The molecular weight excluding hydrogens is 356 g/mol. The maximum atomic E-state index is 12.5. The standard InChI is InChI=1S/C18H22N2O5S/c1-12-5-7-15(24-3)14(9-12)20-18(21)11-19-26(22,23)17-10-13(2)6-8-16(17)25-4/h5-10,19H,11H2,1-4H3,(H,20,21). The number of rotatable bonds is 7. The van der Waals surface area contributed by atoms with E-state index in [9.17, 15) is 13.2 Å². The molecule has 26 heavy (non-hydrogen) atoms. The van der Waals surface area contributed by atoms with Gasteiger partial charge in [0.25, 0.3) is 0 Å². The lowest BCUT2D eigenvalue weighted by molar-refractivity contribution is -0.115. The number of sulfonamides is 1. The fourth-order valence-corrected chi connectivity index (χ4v) is 3.58. The molecule has 7 nitrogen and oxygen atoms in total. The number of hydrogen-bond acceptors (Lipinski definition) is 5. The predicted octanol–water partition coefficient (Wildman–Crippen LogP) is 2.24. The van der Waals surface area contributed by atoms with Gasteiger partial charge in [-0.3, -0.25) is 4.79 Å². The average Bonchev–Trinajstić information content (AvgIpc) is 2.60. The molecule has 2 N–H and O–H groups in total. The second kappa shape index (κ2) is 8.20. The average molecular weight is 378 g/mol. The van der Waals surface area contributed by atoms with Crippen LogP contribution in [0.2, 0.25) is 0 Å². The summed E-state index contributed by atoms with van der Waals surface area (Å²) in [4.78, 5) is 12.2. The molecule has 2 aromatic carbocycles. The smallest absolute Gasteiger partial charge is 0.244 e. The predicted molar refractivity (Wildman–Crippen MR) is 99.3 cm³/mol. The number of carbonyl (C=O) groups is 1. The second-order valence-electron chi connectivity index (χ2n) is 5.73. The van der Waals surface area contributed by atoms with E-state index >= 15 is 0 Å². The Morgan fingerprint density at radius 1 is 0.962 bits per heavy atom. The Kier molecular flexibility index (Phi) is 6.23. The molecule has 0 spiro atoms. The van der Waals surface area contributed by atoms with E-state index in [1.54, 1.807) is 31.2 Å². The Bertz CT molecular complexity index is 910. The zero-order chi connectivity index (χ0) is 19.3. The molecule has 140 valence electrons. The van der Waals surface area contributed by atoms with Crippen LogP contribution in [-0.2, 0) is 14.8 Å². The van der Waals surface area contributed by atoms with E-state index in [2.05, 4.69) is 10.0 Å². The van der Waals surface area contributed by atoms with E-state index in [1.165, 1.54) is 20.3 Å². The van der Waals surface area contributed by atoms with Crippen molar-refractivity contribution in [2.45, 2.75) is 18.7 Å². The van der Waals surface area contributed by atoms with Crippen LogP contribution in [0.5, 0.6) is 11.5 Å². The molecule has 0 radical (unpaired) electrons. The minimum Gasteiger partial charge on any atom is -0.495 e. The number of benzene rings is 2. The molecule has 0 bridgehead atoms. The van der Waals surface area contributed by atoms with Crippen LogP contribution in [0.15, 0.2) is 41.3 Å². The van der Waals surface area contributed by atoms with E-state index < -0.39 is 22.5 Å². The summed E-state index contributed by atoms with van der Waals surface area (Å²) in [6.07, 6.45) is 0. The highest BCUT2D eigenvalue weighted by Gasteiger charge is 2.21. The third kappa shape index (κ3) is 4.74.